The van der Waals surface area contributed by atoms with Gasteiger partial charge in [-0.25, -0.2) is 0 Å². The van der Waals surface area contributed by atoms with E-state index in [1.807, 2.05) is 0 Å². The van der Waals surface area contributed by atoms with E-state index in [4.69, 9.17) is 9.26 Å². The van der Waals surface area contributed by atoms with Crippen LogP contribution in [0, 0.1) is 0 Å². The van der Waals surface area contributed by atoms with Crippen molar-refractivity contribution in [2.45, 2.75) is 51.9 Å². The molecule has 0 aliphatic rings. The Balaban J connectivity index is 1.78. The minimum absolute atomic E-state index is 0.725. The topological polar surface area (TPSA) is 48.2 Å². The summed E-state index contributed by atoms with van der Waals surface area (Å²) in [5.41, 5.74) is 0. The molecular formula is C12H22N2O2. The SMILES string of the molecule is CCCCCCOCCCCc1ncno1. The molecule has 0 fully saturated rings. The average molecular weight is 226 g/mol. The number of hydrogen-bond acceptors (Lipinski definition) is 4. The third kappa shape index (κ3) is 6.56. The van der Waals surface area contributed by atoms with E-state index in [0.29, 0.717) is 0 Å². The molecule has 1 aromatic rings. The highest BCUT2D eigenvalue weighted by atomic mass is 16.5. The third-order valence-electron chi connectivity index (χ3n) is 2.48. The van der Waals surface area contributed by atoms with Gasteiger partial charge in [0.05, 0.1) is 0 Å². The van der Waals surface area contributed by atoms with Gasteiger partial charge in [0.15, 0.2) is 6.33 Å². The highest BCUT2D eigenvalue weighted by Crippen LogP contribution is 2.02. The molecule has 0 radical (unpaired) electrons. The molecule has 0 N–H and O–H groups in total. The van der Waals surface area contributed by atoms with Crippen LogP contribution >= 0.6 is 0 Å². The summed E-state index contributed by atoms with van der Waals surface area (Å²) in [4.78, 5) is 3.97. The summed E-state index contributed by atoms with van der Waals surface area (Å²) >= 11 is 0. The Morgan fingerprint density at radius 3 is 2.62 bits per heavy atom. The van der Waals surface area contributed by atoms with Crippen LogP contribution in [0.2, 0.25) is 0 Å². The smallest absolute Gasteiger partial charge is 0.226 e. The Kier molecular flexibility index (Phi) is 7.68. The first-order valence-electron chi connectivity index (χ1n) is 6.26. The summed E-state index contributed by atoms with van der Waals surface area (Å²) in [6.07, 6.45) is 9.51. The molecule has 0 aliphatic heterocycles. The van der Waals surface area contributed by atoms with E-state index >= 15 is 0 Å². The van der Waals surface area contributed by atoms with Crippen LogP contribution in [0.5, 0.6) is 0 Å². The Morgan fingerprint density at radius 1 is 1.12 bits per heavy atom. The summed E-state index contributed by atoms with van der Waals surface area (Å²) in [7, 11) is 0. The molecular weight excluding hydrogens is 204 g/mol. The number of rotatable bonds is 10. The van der Waals surface area contributed by atoms with E-state index in [-0.39, 0.29) is 0 Å². The van der Waals surface area contributed by atoms with Crippen molar-refractivity contribution in [3.8, 4) is 0 Å². The molecule has 0 unspecified atom stereocenters. The minimum atomic E-state index is 0.725. The number of hydrogen-bond donors (Lipinski definition) is 0. The number of aromatic nitrogens is 2. The molecule has 0 bridgehead atoms. The fourth-order valence-corrected chi connectivity index (χ4v) is 1.52. The van der Waals surface area contributed by atoms with E-state index < -0.39 is 0 Å². The van der Waals surface area contributed by atoms with Crippen LogP contribution in [0.25, 0.3) is 0 Å². The van der Waals surface area contributed by atoms with Crippen molar-refractivity contribution in [1.29, 1.82) is 0 Å². The lowest BCUT2D eigenvalue weighted by atomic mass is 10.2. The fourth-order valence-electron chi connectivity index (χ4n) is 1.52. The monoisotopic (exact) mass is 226 g/mol. The summed E-state index contributed by atoms with van der Waals surface area (Å²) in [6, 6.07) is 0. The van der Waals surface area contributed by atoms with Crippen molar-refractivity contribution in [3.63, 3.8) is 0 Å². The van der Waals surface area contributed by atoms with Gasteiger partial charge in [0.2, 0.25) is 5.89 Å². The summed E-state index contributed by atoms with van der Waals surface area (Å²) < 4.78 is 10.4. The zero-order chi connectivity index (χ0) is 11.5. The summed E-state index contributed by atoms with van der Waals surface area (Å²) in [6.45, 7) is 3.97. The van der Waals surface area contributed by atoms with Crippen molar-refractivity contribution >= 4 is 0 Å². The van der Waals surface area contributed by atoms with Crippen LogP contribution < -0.4 is 0 Å². The lowest BCUT2D eigenvalue weighted by molar-refractivity contribution is 0.126. The predicted octanol–water partition coefficient (Wildman–Crippen LogP) is 2.99. The molecule has 4 heteroatoms. The van der Waals surface area contributed by atoms with Crippen molar-refractivity contribution in [2.24, 2.45) is 0 Å². The van der Waals surface area contributed by atoms with Crippen LogP contribution in [0.1, 0.15) is 51.3 Å². The van der Waals surface area contributed by atoms with Gasteiger partial charge in [-0.3, -0.25) is 0 Å². The van der Waals surface area contributed by atoms with Crippen LogP contribution in [0.4, 0.5) is 0 Å². The van der Waals surface area contributed by atoms with Crippen molar-refractivity contribution < 1.29 is 9.26 Å². The Labute approximate surface area is 97.4 Å². The Hall–Kier alpha value is -0.900. The molecule has 0 atom stereocenters. The van der Waals surface area contributed by atoms with Crippen molar-refractivity contribution in [3.05, 3.63) is 12.2 Å². The van der Waals surface area contributed by atoms with E-state index in [1.165, 1.54) is 32.0 Å². The van der Waals surface area contributed by atoms with Gasteiger partial charge in [-0.05, 0) is 19.3 Å². The standard InChI is InChI=1S/C12H22N2O2/c1-2-3-4-6-9-15-10-7-5-8-12-13-11-14-16-12/h11H,2-10H2,1H3. The highest BCUT2D eigenvalue weighted by Gasteiger charge is 1.98. The maximum Gasteiger partial charge on any atom is 0.226 e. The maximum atomic E-state index is 5.53. The lowest BCUT2D eigenvalue weighted by Crippen LogP contribution is -1.98. The molecule has 1 rings (SSSR count). The Morgan fingerprint density at radius 2 is 1.94 bits per heavy atom. The van der Waals surface area contributed by atoms with Gasteiger partial charge in [-0.2, -0.15) is 4.98 Å². The lowest BCUT2D eigenvalue weighted by Gasteiger charge is -2.02. The van der Waals surface area contributed by atoms with Gasteiger partial charge in [-0.1, -0.05) is 31.3 Å². The number of ether oxygens (including phenoxy) is 1. The molecule has 4 nitrogen and oxygen atoms in total. The fraction of sp³-hybridized carbons (Fsp3) is 0.833. The van der Waals surface area contributed by atoms with Gasteiger partial charge < -0.3 is 9.26 Å². The average Bonchev–Trinajstić information content (AvgIpc) is 2.80. The molecule has 92 valence electrons. The number of unbranched alkanes of at least 4 members (excludes halogenated alkanes) is 4. The summed E-state index contributed by atoms with van der Waals surface area (Å²) in [5.74, 6) is 0.725. The molecule has 0 saturated heterocycles. The predicted molar refractivity (Wildman–Crippen MR) is 62.2 cm³/mol. The second-order valence-electron chi connectivity index (χ2n) is 3.97. The van der Waals surface area contributed by atoms with E-state index in [1.54, 1.807) is 0 Å². The molecule has 1 heterocycles. The zero-order valence-corrected chi connectivity index (χ0v) is 10.2. The van der Waals surface area contributed by atoms with E-state index in [2.05, 4.69) is 17.1 Å². The molecule has 0 saturated carbocycles. The van der Waals surface area contributed by atoms with Gasteiger partial charge in [-0.15, -0.1) is 0 Å². The van der Waals surface area contributed by atoms with Gasteiger partial charge in [0.1, 0.15) is 0 Å². The Bertz CT molecular complexity index is 237. The molecule has 0 amide bonds. The minimum Gasteiger partial charge on any atom is -0.381 e. The van der Waals surface area contributed by atoms with Crippen molar-refractivity contribution in [1.82, 2.24) is 10.1 Å². The number of aryl methyl sites for hydroxylation is 1. The molecule has 0 spiro atoms. The first kappa shape index (κ1) is 13.2. The molecule has 0 aromatic carbocycles. The second-order valence-corrected chi connectivity index (χ2v) is 3.97. The first-order valence-corrected chi connectivity index (χ1v) is 6.26. The van der Waals surface area contributed by atoms with Crippen LogP contribution in [0.15, 0.2) is 10.9 Å². The normalized spacial score (nSPS) is 10.8. The highest BCUT2D eigenvalue weighted by molar-refractivity contribution is 4.73. The second kappa shape index (κ2) is 9.33. The largest absolute Gasteiger partial charge is 0.381 e. The quantitative estimate of drug-likeness (QED) is 0.575. The van der Waals surface area contributed by atoms with E-state index in [0.717, 1.165) is 38.4 Å². The molecule has 0 aliphatic carbocycles. The van der Waals surface area contributed by atoms with Crippen LogP contribution in [-0.4, -0.2) is 23.4 Å². The van der Waals surface area contributed by atoms with Crippen LogP contribution in [-0.2, 0) is 11.2 Å². The van der Waals surface area contributed by atoms with Gasteiger partial charge in [0, 0.05) is 19.6 Å². The van der Waals surface area contributed by atoms with Gasteiger partial charge >= 0.3 is 0 Å². The number of nitrogens with zero attached hydrogens (tertiary/aromatic N) is 2. The third-order valence-corrected chi connectivity index (χ3v) is 2.48. The van der Waals surface area contributed by atoms with Gasteiger partial charge in [0.25, 0.3) is 0 Å². The maximum absolute atomic E-state index is 5.53. The first-order chi connectivity index (χ1) is 7.93. The van der Waals surface area contributed by atoms with Crippen LogP contribution in [0.3, 0.4) is 0 Å². The molecule has 1 aromatic heterocycles. The van der Waals surface area contributed by atoms with Crippen molar-refractivity contribution in [2.75, 3.05) is 13.2 Å². The summed E-state index contributed by atoms with van der Waals surface area (Å²) in [5, 5.41) is 3.56. The molecule has 16 heavy (non-hydrogen) atoms. The van der Waals surface area contributed by atoms with E-state index in [9.17, 15) is 0 Å². The zero-order valence-electron chi connectivity index (χ0n) is 10.2.